The van der Waals surface area contributed by atoms with Crippen molar-refractivity contribution in [3.05, 3.63) is 12.2 Å². The molecule has 0 fully saturated rings. The molecule has 2 atom stereocenters. The number of rotatable bonds is 6. The quantitative estimate of drug-likeness (QED) is 0.684. The summed E-state index contributed by atoms with van der Waals surface area (Å²) in [6.07, 6.45) is 6.00. The molecule has 0 saturated heterocycles. The predicted octanol–water partition coefficient (Wildman–Crippen LogP) is 1.82. The molecule has 0 aliphatic rings. The highest BCUT2D eigenvalue weighted by Gasteiger charge is 2.05. The zero-order valence-electron chi connectivity index (χ0n) is 10.2. The normalized spacial score (nSPS) is 15.3. The van der Waals surface area contributed by atoms with Crippen molar-refractivity contribution in [2.45, 2.75) is 39.2 Å². The largest absolute Gasteiger partial charge is 0.393 e. The number of allylic oxidation sites excluding steroid dienone is 2. The van der Waals surface area contributed by atoms with E-state index in [9.17, 15) is 9.90 Å². The predicted molar refractivity (Wildman–Crippen MR) is 62.5 cm³/mol. The van der Waals surface area contributed by atoms with Gasteiger partial charge in [-0.3, -0.25) is 4.79 Å². The first-order valence-corrected chi connectivity index (χ1v) is 5.48. The lowest BCUT2D eigenvalue weighted by atomic mass is 10.0. The molecule has 15 heavy (non-hydrogen) atoms. The Morgan fingerprint density at radius 1 is 1.33 bits per heavy atom. The Labute approximate surface area is 92.8 Å². The van der Waals surface area contributed by atoms with E-state index in [0.29, 0.717) is 6.42 Å². The van der Waals surface area contributed by atoms with E-state index >= 15 is 0 Å². The fraction of sp³-hybridized carbons (Fsp3) is 0.750. The summed E-state index contributed by atoms with van der Waals surface area (Å²) in [5, 5.41) is 9.24. The van der Waals surface area contributed by atoms with Crippen molar-refractivity contribution in [3.63, 3.8) is 0 Å². The molecular weight excluding hydrogens is 190 g/mol. The average molecular weight is 213 g/mol. The topological polar surface area (TPSA) is 40.5 Å². The van der Waals surface area contributed by atoms with Crippen LogP contribution < -0.4 is 0 Å². The van der Waals surface area contributed by atoms with Crippen molar-refractivity contribution in [1.82, 2.24) is 4.90 Å². The highest BCUT2D eigenvalue weighted by atomic mass is 16.3. The van der Waals surface area contributed by atoms with E-state index in [-0.39, 0.29) is 17.9 Å². The minimum Gasteiger partial charge on any atom is -0.393 e. The lowest BCUT2D eigenvalue weighted by Gasteiger charge is -2.11. The van der Waals surface area contributed by atoms with Gasteiger partial charge in [-0.2, -0.15) is 0 Å². The van der Waals surface area contributed by atoms with Gasteiger partial charge in [-0.15, -0.1) is 0 Å². The van der Waals surface area contributed by atoms with Gasteiger partial charge < -0.3 is 10.0 Å². The molecule has 0 aromatic heterocycles. The Bertz CT molecular complexity index is 210. The molecule has 0 spiro atoms. The molecule has 0 heterocycles. The Morgan fingerprint density at radius 2 is 1.93 bits per heavy atom. The third-order valence-corrected chi connectivity index (χ3v) is 2.52. The van der Waals surface area contributed by atoms with Crippen LogP contribution in [0.3, 0.4) is 0 Å². The van der Waals surface area contributed by atoms with E-state index in [4.69, 9.17) is 0 Å². The Morgan fingerprint density at radius 3 is 2.40 bits per heavy atom. The molecule has 1 amide bonds. The van der Waals surface area contributed by atoms with E-state index in [1.165, 1.54) is 0 Å². The van der Waals surface area contributed by atoms with E-state index < -0.39 is 0 Å². The summed E-state index contributed by atoms with van der Waals surface area (Å²) in [6, 6.07) is 0. The third-order valence-electron chi connectivity index (χ3n) is 2.52. The maximum atomic E-state index is 11.2. The van der Waals surface area contributed by atoms with Crippen LogP contribution in [0.5, 0.6) is 0 Å². The average Bonchev–Trinajstić information content (AvgIpc) is 2.16. The Hall–Kier alpha value is -0.830. The summed E-state index contributed by atoms with van der Waals surface area (Å²) in [6.45, 7) is 3.81. The van der Waals surface area contributed by atoms with E-state index in [1.807, 2.05) is 19.1 Å². The van der Waals surface area contributed by atoms with E-state index in [2.05, 4.69) is 0 Å². The fourth-order valence-corrected chi connectivity index (χ4v) is 1.06. The van der Waals surface area contributed by atoms with E-state index in [1.54, 1.807) is 25.9 Å². The van der Waals surface area contributed by atoms with Gasteiger partial charge in [-0.25, -0.2) is 0 Å². The highest BCUT2D eigenvalue weighted by Crippen LogP contribution is 2.08. The number of hydrogen-bond acceptors (Lipinski definition) is 2. The van der Waals surface area contributed by atoms with Crippen molar-refractivity contribution in [1.29, 1.82) is 0 Å². The van der Waals surface area contributed by atoms with Gasteiger partial charge in [0.25, 0.3) is 0 Å². The lowest BCUT2D eigenvalue weighted by molar-refractivity contribution is -0.128. The summed E-state index contributed by atoms with van der Waals surface area (Å²) >= 11 is 0. The fourth-order valence-electron chi connectivity index (χ4n) is 1.06. The molecule has 1 N–H and O–H groups in total. The van der Waals surface area contributed by atoms with Crippen molar-refractivity contribution in [2.24, 2.45) is 5.92 Å². The number of aliphatic hydroxyl groups excluding tert-OH is 1. The molecule has 0 radical (unpaired) electrons. The van der Waals surface area contributed by atoms with Gasteiger partial charge in [0, 0.05) is 20.5 Å². The van der Waals surface area contributed by atoms with Crippen LogP contribution in [0.15, 0.2) is 12.2 Å². The molecule has 0 bridgehead atoms. The SMILES string of the molecule is CC(O)C(C)CC=CCCC(=O)N(C)C. The summed E-state index contributed by atoms with van der Waals surface area (Å²) in [5.74, 6) is 0.439. The van der Waals surface area contributed by atoms with Gasteiger partial charge in [-0.05, 0) is 25.7 Å². The van der Waals surface area contributed by atoms with Gasteiger partial charge in [0.1, 0.15) is 0 Å². The maximum absolute atomic E-state index is 11.2. The monoisotopic (exact) mass is 213 g/mol. The molecule has 0 aliphatic heterocycles. The van der Waals surface area contributed by atoms with Crippen LogP contribution in [0.1, 0.15) is 33.1 Å². The molecule has 3 nitrogen and oxygen atoms in total. The van der Waals surface area contributed by atoms with Crippen LogP contribution in [0.2, 0.25) is 0 Å². The molecule has 0 rings (SSSR count). The first-order valence-electron chi connectivity index (χ1n) is 5.48. The zero-order valence-corrected chi connectivity index (χ0v) is 10.2. The molecular formula is C12H23NO2. The molecule has 2 unspecified atom stereocenters. The Balaban J connectivity index is 3.60. The Kier molecular flexibility index (Phi) is 7.05. The minimum absolute atomic E-state index is 0.156. The van der Waals surface area contributed by atoms with Crippen LogP contribution in [0, 0.1) is 5.92 Å². The number of aliphatic hydroxyl groups is 1. The first kappa shape index (κ1) is 14.2. The highest BCUT2D eigenvalue weighted by molar-refractivity contribution is 5.75. The molecule has 0 aliphatic carbocycles. The number of amides is 1. The molecule has 3 heteroatoms. The van der Waals surface area contributed by atoms with Crippen LogP contribution in [-0.2, 0) is 4.79 Å². The van der Waals surface area contributed by atoms with Gasteiger partial charge in [-0.1, -0.05) is 19.1 Å². The van der Waals surface area contributed by atoms with Crippen molar-refractivity contribution >= 4 is 5.91 Å². The summed E-state index contributed by atoms with van der Waals surface area (Å²) in [7, 11) is 3.53. The van der Waals surface area contributed by atoms with Crippen molar-refractivity contribution in [3.8, 4) is 0 Å². The minimum atomic E-state index is -0.266. The number of carbonyl (C=O) groups excluding carboxylic acids is 1. The molecule has 88 valence electrons. The summed E-state index contributed by atoms with van der Waals surface area (Å²) < 4.78 is 0. The van der Waals surface area contributed by atoms with Crippen LogP contribution in [-0.4, -0.2) is 36.1 Å². The lowest BCUT2D eigenvalue weighted by Crippen LogP contribution is -2.20. The summed E-state index contributed by atoms with van der Waals surface area (Å²) in [5.41, 5.74) is 0. The van der Waals surface area contributed by atoms with Crippen molar-refractivity contribution in [2.75, 3.05) is 14.1 Å². The molecule has 0 aromatic carbocycles. The van der Waals surface area contributed by atoms with Crippen LogP contribution in [0.4, 0.5) is 0 Å². The second kappa shape index (κ2) is 7.46. The van der Waals surface area contributed by atoms with Crippen LogP contribution >= 0.6 is 0 Å². The first-order chi connectivity index (χ1) is 6.95. The van der Waals surface area contributed by atoms with Gasteiger partial charge in [0.15, 0.2) is 0 Å². The second-order valence-electron chi connectivity index (χ2n) is 4.25. The number of hydrogen-bond donors (Lipinski definition) is 1. The van der Waals surface area contributed by atoms with Crippen LogP contribution in [0.25, 0.3) is 0 Å². The number of carbonyl (C=O) groups is 1. The molecule has 0 saturated carbocycles. The zero-order chi connectivity index (χ0) is 11.8. The van der Waals surface area contributed by atoms with Gasteiger partial charge >= 0.3 is 0 Å². The smallest absolute Gasteiger partial charge is 0.222 e. The molecule has 0 aromatic rings. The second-order valence-corrected chi connectivity index (χ2v) is 4.25. The van der Waals surface area contributed by atoms with Gasteiger partial charge in [0.05, 0.1) is 6.10 Å². The number of nitrogens with zero attached hydrogens (tertiary/aromatic N) is 1. The summed E-state index contributed by atoms with van der Waals surface area (Å²) in [4.78, 5) is 12.8. The standard InChI is InChI=1S/C12H23NO2/c1-10(11(2)14)8-6-5-7-9-12(15)13(3)4/h5-6,10-11,14H,7-9H2,1-4H3. The third kappa shape index (κ3) is 7.14. The van der Waals surface area contributed by atoms with E-state index in [0.717, 1.165) is 12.8 Å². The van der Waals surface area contributed by atoms with Crippen molar-refractivity contribution < 1.29 is 9.90 Å². The maximum Gasteiger partial charge on any atom is 0.222 e. The van der Waals surface area contributed by atoms with Gasteiger partial charge in [0.2, 0.25) is 5.91 Å².